The highest BCUT2D eigenvalue weighted by atomic mass is 16.2. The fraction of sp³-hybridized carbons (Fsp3) is 0.231. The molecule has 2 rings (SSSR count). The summed E-state index contributed by atoms with van der Waals surface area (Å²) in [5.74, 6) is 5.68. The molecule has 0 aliphatic rings. The summed E-state index contributed by atoms with van der Waals surface area (Å²) in [6, 6.07) is 6.99. The second-order valence-corrected chi connectivity index (χ2v) is 4.04. The Morgan fingerprint density at radius 1 is 1.32 bits per heavy atom. The molecule has 2 aromatic rings. The average Bonchev–Trinajstić information content (AvgIpc) is 2.75. The summed E-state index contributed by atoms with van der Waals surface area (Å²) in [5.41, 5.74) is 6.03. The molecule has 0 bridgehead atoms. The average molecular weight is 258 g/mol. The largest absolute Gasteiger partial charge is 0.344 e. The Kier molecular flexibility index (Phi) is 3.68. The Morgan fingerprint density at radius 3 is 2.63 bits per heavy atom. The van der Waals surface area contributed by atoms with Gasteiger partial charge in [-0.3, -0.25) is 0 Å². The normalized spacial score (nSPS) is 11.7. The van der Waals surface area contributed by atoms with Gasteiger partial charge in [0.1, 0.15) is 0 Å². The zero-order valence-electron chi connectivity index (χ0n) is 10.4. The lowest BCUT2D eigenvalue weighted by molar-refractivity contribution is 0.597. The third kappa shape index (κ3) is 2.67. The van der Waals surface area contributed by atoms with Crippen molar-refractivity contribution >= 4 is 0 Å². The first-order chi connectivity index (χ1) is 9.13. The van der Waals surface area contributed by atoms with Crippen molar-refractivity contribution in [2.75, 3.05) is 6.54 Å². The number of benzene rings is 1. The Hall–Kier alpha value is -2.52. The van der Waals surface area contributed by atoms with E-state index in [4.69, 9.17) is 5.73 Å². The van der Waals surface area contributed by atoms with Gasteiger partial charge in [0, 0.05) is 5.56 Å². The van der Waals surface area contributed by atoms with Crippen LogP contribution in [0.15, 0.2) is 33.9 Å². The fourth-order valence-corrected chi connectivity index (χ4v) is 1.85. The highest BCUT2D eigenvalue weighted by Crippen LogP contribution is 2.15. The van der Waals surface area contributed by atoms with Crippen molar-refractivity contribution in [3.63, 3.8) is 0 Å². The second kappa shape index (κ2) is 5.42. The monoisotopic (exact) mass is 258 g/mol. The quantitative estimate of drug-likeness (QED) is 0.650. The number of H-pyrrole nitrogens is 2. The molecule has 0 spiro atoms. The fourth-order valence-electron chi connectivity index (χ4n) is 1.85. The molecule has 0 aliphatic carbocycles. The molecule has 6 nitrogen and oxygen atoms in total. The molecule has 19 heavy (non-hydrogen) atoms. The van der Waals surface area contributed by atoms with Gasteiger partial charge in [-0.2, -0.15) is 0 Å². The van der Waals surface area contributed by atoms with E-state index in [9.17, 15) is 9.59 Å². The number of hydrogen-bond acceptors (Lipinski definition) is 3. The smallest absolute Gasteiger partial charge is 0.320 e. The van der Waals surface area contributed by atoms with Gasteiger partial charge in [0.15, 0.2) is 0 Å². The number of nitrogens with one attached hydrogen (secondary N) is 2. The minimum atomic E-state index is -0.462. The highest BCUT2D eigenvalue weighted by Gasteiger charge is 2.13. The third-order valence-electron chi connectivity index (χ3n) is 2.81. The Balaban J connectivity index is 2.42. The zero-order valence-corrected chi connectivity index (χ0v) is 10.4. The molecule has 6 heteroatoms. The maximum absolute atomic E-state index is 11.5. The number of aromatic amines is 2. The highest BCUT2D eigenvalue weighted by molar-refractivity contribution is 5.38. The summed E-state index contributed by atoms with van der Waals surface area (Å²) in [6.45, 7) is 2.07. The first kappa shape index (κ1) is 12.9. The van der Waals surface area contributed by atoms with E-state index in [1.807, 2.05) is 24.3 Å². The second-order valence-electron chi connectivity index (χ2n) is 4.04. The van der Waals surface area contributed by atoms with Crippen LogP contribution < -0.4 is 17.1 Å². The minimum absolute atomic E-state index is 0.288. The van der Waals surface area contributed by atoms with E-state index >= 15 is 0 Å². The molecule has 1 aromatic heterocycles. The van der Waals surface area contributed by atoms with E-state index in [0.29, 0.717) is 0 Å². The molecule has 1 unspecified atom stereocenters. The molecule has 4 N–H and O–H groups in total. The molecular weight excluding hydrogens is 244 g/mol. The van der Waals surface area contributed by atoms with Gasteiger partial charge in [-0.25, -0.2) is 24.4 Å². The summed E-state index contributed by atoms with van der Waals surface area (Å²) >= 11 is 0. The number of hydrogen-bond donors (Lipinski definition) is 3. The van der Waals surface area contributed by atoms with Crippen LogP contribution in [0.25, 0.3) is 0 Å². The number of nitrogens with two attached hydrogens (primary N) is 1. The predicted octanol–water partition coefficient (Wildman–Crippen LogP) is -0.216. The van der Waals surface area contributed by atoms with Crippen LogP contribution in [0, 0.1) is 11.8 Å². The topological polar surface area (TPSA) is 96.7 Å². The standard InChI is InChI=1S/C13H14N4O2/c1-9(17-12(18)15-16-13(17)19)11-6-2-4-10(8-11)5-3-7-14/h2,4,6,8-9H,7,14H2,1H3,(H,15,18)(H,16,19). The summed E-state index contributed by atoms with van der Waals surface area (Å²) < 4.78 is 1.12. The molecule has 0 fully saturated rings. The summed E-state index contributed by atoms with van der Waals surface area (Å²) in [6.07, 6.45) is 0. The molecule has 0 aliphatic heterocycles. The van der Waals surface area contributed by atoms with E-state index in [-0.39, 0.29) is 12.6 Å². The van der Waals surface area contributed by atoms with Crippen LogP contribution in [0.4, 0.5) is 0 Å². The number of nitrogens with zero attached hydrogens (tertiary/aromatic N) is 1. The lowest BCUT2D eigenvalue weighted by Gasteiger charge is -2.11. The molecule has 0 saturated heterocycles. The lowest BCUT2D eigenvalue weighted by atomic mass is 10.1. The van der Waals surface area contributed by atoms with E-state index < -0.39 is 11.4 Å². The van der Waals surface area contributed by atoms with Gasteiger partial charge in [-0.1, -0.05) is 24.0 Å². The predicted molar refractivity (Wildman–Crippen MR) is 71.9 cm³/mol. The van der Waals surface area contributed by atoms with Crippen molar-refractivity contribution in [3.8, 4) is 11.8 Å². The molecule has 98 valence electrons. The van der Waals surface area contributed by atoms with Crippen molar-refractivity contribution in [3.05, 3.63) is 56.4 Å². The maximum atomic E-state index is 11.5. The molecule has 0 saturated carbocycles. The van der Waals surface area contributed by atoms with Crippen molar-refractivity contribution in [2.45, 2.75) is 13.0 Å². The van der Waals surface area contributed by atoms with E-state index in [1.165, 1.54) is 0 Å². The molecule has 0 radical (unpaired) electrons. The van der Waals surface area contributed by atoms with Crippen molar-refractivity contribution in [1.82, 2.24) is 14.8 Å². The van der Waals surface area contributed by atoms with Crippen molar-refractivity contribution in [2.24, 2.45) is 5.73 Å². The van der Waals surface area contributed by atoms with Gasteiger partial charge in [-0.05, 0) is 24.6 Å². The number of aromatic nitrogens is 3. The van der Waals surface area contributed by atoms with Crippen LogP contribution in [-0.2, 0) is 0 Å². The molecule has 1 aromatic carbocycles. The number of rotatable bonds is 2. The first-order valence-electron chi connectivity index (χ1n) is 5.81. The maximum Gasteiger partial charge on any atom is 0.344 e. The summed E-state index contributed by atoms with van der Waals surface area (Å²) in [7, 11) is 0. The molecule has 1 atom stereocenters. The van der Waals surface area contributed by atoms with Crippen LogP contribution in [0.2, 0.25) is 0 Å². The van der Waals surface area contributed by atoms with Gasteiger partial charge < -0.3 is 5.73 Å². The lowest BCUT2D eigenvalue weighted by Crippen LogP contribution is -2.30. The Labute approximate surface area is 109 Å². The third-order valence-corrected chi connectivity index (χ3v) is 2.81. The van der Waals surface area contributed by atoms with Gasteiger partial charge in [0.2, 0.25) is 0 Å². The SMILES string of the molecule is CC(c1cccc(C#CCN)c1)n1c(=O)[nH][nH]c1=O. The Morgan fingerprint density at radius 2 is 2.00 bits per heavy atom. The van der Waals surface area contributed by atoms with Gasteiger partial charge in [0.05, 0.1) is 12.6 Å². The van der Waals surface area contributed by atoms with Gasteiger partial charge in [-0.15, -0.1) is 0 Å². The van der Waals surface area contributed by atoms with E-state index in [1.54, 1.807) is 6.92 Å². The first-order valence-corrected chi connectivity index (χ1v) is 5.81. The molecular formula is C13H14N4O2. The Bertz CT molecular complexity index is 714. The molecule has 0 amide bonds. The van der Waals surface area contributed by atoms with E-state index in [2.05, 4.69) is 22.0 Å². The van der Waals surface area contributed by atoms with Gasteiger partial charge >= 0.3 is 11.4 Å². The van der Waals surface area contributed by atoms with E-state index in [0.717, 1.165) is 15.7 Å². The van der Waals surface area contributed by atoms with Gasteiger partial charge in [0.25, 0.3) is 0 Å². The molecule has 1 heterocycles. The minimum Gasteiger partial charge on any atom is -0.320 e. The van der Waals surface area contributed by atoms with Crippen LogP contribution in [0.1, 0.15) is 24.1 Å². The van der Waals surface area contributed by atoms with Crippen molar-refractivity contribution < 1.29 is 0 Å². The zero-order chi connectivity index (χ0) is 13.8. The summed E-state index contributed by atoms with van der Waals surface area (Å²) in [4.78, 5) is 23.1. The van der Waals surface area contributed by atoms with Crippen LogP contribution in [-0.4, -0.2) is 21.3 Å². The van der Waals surface area contributed by atoms with Crippen molar-refractivity contribution in [1.29, 1.82) is 0 Å². The summed E-state index contributed by atoms with van der Waals surface area (Å²) in [5, 5.41) is 4.52. The van der Waals surface area contributed by atoms with Crippen LogP contribution in [0.3, 0.4) is 0 Å². The van der Waals surface area contributed by atoms with Crippen LogP contribution >= 0.6 is 0 Å². The van der Waals surface area contributed by atoms with Crippen LogP contribution in [0.5, 0.6) is 0 Å².